The van der Waals surface area contributed by atoms with Crippen LogP contribution in [0.4, 0.5) is 0 Å². The van der Waals surface area contributed by atoms with E-state index in [1.807, 2.05) is 13.1 Å². The summed E-state index contributed by atoms with van der Waals surface area (Å²) in [5.41, 5.74) is 0. The van der Waals surface area contributed by atoms with Crippen molar-refractivity contribution in [2.45, 2.75) is 32.4 Å². The van der Waals surface area contributed by atoms with Gasteiger partial charge in [0.25, 0.3) is 0 Å². The maximum atomic E-state index is 11.4. The molecule has 0 amide bonds. The summed E-state index contributed by atoms with van der Waals surface area (Å²) in [5.74, 6) is 0.635. The van der Waals surface area contributed by atoms with E-state index in [4.69, 9.17) is 0 Å². The van der Waals surface area contributed by atoms with E-state index in [9.17, 15) is 8.42 Å². The van der Waals surface area contributed by atoms with Crippen LogP contribution in [-0.2, 0) is 16.4 Å². The first kappa shape index (κ1) is 12.0. The number of sulfone groups is 1. The van der Waals surface area contributed by atoms with Crippen LogP contribution >= 0.6 is 11.3 Å². The molecule has 1 unspecified atom stereocenters. The number of thiazole rings is 1. The van der Waals surface area contributed by atoms with Gasteiger partial charge < -0.3 is 5.32 Å². The molecule has 1 saturated heterocycles. The molecule has 4 nitrogen and oxygen atoms in total. The first-order valence-corrected chi connectivity index (χ1v) is 8.04. The quantitative estimate of drug-likeness (QED) is 0.884. The lowest BCUT2D eigenvalue weighted by atomic mass is 10.2. The number of nitrogens with zero attached hydrogens (tertiary/aromatic N) is 1. The van der Waals surface area contributed by atoms with E-state index in [1.165, 1.54) is 4.88 Å². The van der Waals surface area contributed by atoms with Crippen molar-refractivity contribution in [1.82, 2.24) is 10.3 Å². The minimum absolute atomic E-state index is 0.112. The Bertz CT molecular complexity index is 453. The zero-order valence-electron chi connectivity index (χ0n) is 9.27. The minimum atomic E-state index is -2.81. The zero-order valence-corrected chi connectivity index (χ0v) is 10.9. The Morgan fingerprint density at radius 1 is 1.62 bits per heavy atom. The fraction of sp³-hybridized carbons (Fsp3) is 0.700. The van der Waals surface area contributed by atoms with Crippen LogP contribution < -0.4 is 5.32 Å². The first-order chi connectivity index (χ1) is 7.55. The lowest BCUT2D eigenvalue weighted by Crippen LogP contribution is -2.39. The molecule has 0 saturated carbocycles. The molecule has 0 aromatic carbocycles. The van der Waals surface area contributed by atoms with Crippen LogP contribution in [0, 0.1) is 6.92 Å². The van der Waals surface area contributed by atoms with Crippen molar-refractivity contribution < 1.29 is 8.42 Å². The molecule has 90 valence electrons. The third-order valence-corrected chi connectivity index (χ3v) is 5.43. The average Bonchev–Trinajstić information content (AvgIpc) is 2.60. The second kappa shape index (κ2) is 4.81. The third-order valence-electron chi connectivity index (χ3n) is 2.70. The summed E-state index contributed by atoms with van der Waals surface area (Å²) in [7, 11) is -2.81. The van der Waals surface area contributed by atoms with Crippen LogP contribution in [0.2, 0.25) is 0 Å². The van der Waals surface area contributed by atoms with Gasteiger partial charge in [-0.05, 0) is 19.8 Å². The maximum absolute atomic E-state index is 11.4. The molecule has 0 bridgehead atoms. The van der Waals surface area contributed by atoms with E-state index in [1.54, 1.807) is 11.3 Å². The second-order valence-electron chi connectivity index (χ2n) is 4.18. The molecule has 1 aliphatic heterocycles. The van der Waals surface area contributed by atoms with Crippen LogP contribution in [0.25, 0.3) is 0 Å². The molecule has 1 atom stereocenters. The predicted octanol–water partition coefficient (Wildman–Crippen LogP) is 1.12. The average molecular weight is 260 g/mol. The highest BCUT2D eigenvalue weighted by atomic mass is 32.2. The van der Waals surface area contributed by atoms with Gasteiger partial charge in [-0.2, -0.15) is 0 Å². The normalized spacial score (nSPS) is 24.4. The lowest BCUT2D eigenvalue weighted by Gasteiger charge is -2.22. The molecule has 0 aliphatic carbocycles. The van der Waals surface area contributed by atoms with Gasteiger partial charge in [0.1, 0.15) is 0 Å². The highest BCUT2D eigenvalue weighted by molar-refractivity contribution is 7.91. The van der Waals surface area contributed by atoms with Crippen molar-refractivity contribution in [2.75, 3.05) is 11.5 Å². The molecule has 1 aliphatic rings. The van der Waals surface area contributed by atoms with E-state index >= 15 is 0 Å². The second-order valence-corrected chi connectivity index (χ2v) is 7.73. The zero-order chi connectivity index (χ0) is 11.6. The molecule has 0 radical (unpaired) electrons. The topological polar surface area (TPSA) is 59.1 Å². The number of aromatic nitrogens is 1. The van der Waals surface area contributed by atoms with Crippen LogP contribution in [0.5, 0.6) is 0 Å². The molecule has 0 spiro atoms. The predicted molar refractivity (Wildman–Crippen MR) is 65.4 cm³/mol. The van der Waals surface area contributed by atoms with E-state index in [0.29, 0.717) is 5.75 Å². The van der Waals surface area contributed by atoms with Crippen molar-refractivity contribution in [3.05, 3.63) is 16.1 Å². The summed E-state index contributed by atoms with van der Waals surface area (Å²) < 4.78 is 22.9. The van der Waals surface area contributed by atoms with Gasteiger partial charge in [0.15, 0.2) is 9.84 Å². The van der Waals surface area contributed by atoms with E-state index in [2.05, 4.69) is 10.3 Å². The number of aryl methyl sites for hydroxylation is 1. The van der Waals surface area contributed by atoms with Gasteiger partial charge in [0, 0.05) is 23.7 Å². The Morgan fingerprint density at radius 2 is 2.44 bits per heavy atom. The van der Waals surface area contributed by atoms with Crippen molar-refractivity contribution in [2.24, 2.45) is 0 Å². The molecular formula is C10H16N2O2S2. The molecule has 1 aromatic heterocycles. The molecule has 1 aromatic rings. The standard InChI is InChI=1S/C10H16N2O2S2/c1-8-11-5-10(15-8)6-12-9-3-2-4-16(13,14)7-9/h5,9,12H,2-4,6-7H2,1H3. The molecule has 2 heterocycles. The smallest absolute Gasteiger partial charge is 0.151 e. The first-order valence-electron chi connectivity index (χ1n) is 5.40. The number of hydrogen-bond donors (Lipinski definition) is 1. The number of rotatable bonds is 3. The van der Waals surface area contributed by atoms with Gasteiger partial charge in [-0.1, -0.05) is 0 Å². The van der Waals surface area contributed by atoms with Gasteiger partial charge in [-0.15, -0.1) is 11.3 Å². The molecule has 1 N–H and O–H groups in total. The summed E-state index contributed by atoms with van der Waals surface area (Å²) in [4.78, 5) is 5.34. The number of hydrogen-bond acceptors (Lipinski definition) is 5. The monoisotopic (exact) mass is 260 g/mol. The Labute approximate surface area is 100 Å². The highest BCUT2D eigenvalue weighted by Gasteiger charge is 2.24. The maximum Gasteiger partial charge on any atom is 0.151 e. The van der Waals surface area contributed by atoms with Crippen LogP contribution in [0.15, 0.2) is 6.20 Å². The summed E-state index contributed by atoms with van der Waals surface area (Å²) >= 11 is 1.65. The molecule has 1 fully saturated rings. The van der Waals surface area contributed by atoms with Crippen LogP contribution in [0.1, 0.15) is 22.7 Å². The molecule has 2 rings (SSSR count). The summed E-state index contributed by atoms with van der Waals surface area (Å²) in [6.45, 7) is 2.70. The Morgan fingerprint density at radius 3 is 3.06 bits per heavy atom. The Hall–Kier alpha value is -0.460. The number of nitrogens with one attached hydrogen (secondary N) is 1. The fourth-order valence-electron chi connectivity index (χ4n) is 1.92. The Kier molecular flexibility index (Phi) is 3.61. The van der Waals surface area contributed by atoms with Gasteiger partial charge in [0.2, 0.25) is 0 Å². The van der Waals surface area contributed by atoms with Crippen molar-refractivity contribution in [1.29, 1.82) is 0 Å². The summed E-state index contributed by atoms with van der Waals surface area (Å²) in [5, 5.41) is 4.35. The van der Waals surface area contributed by atoms with Crippen LogP contribution in [-0.4, -0.2) is 30.9 Å². The van der Waals surface area contributed by atoms with Crippen molar-refractivity contribution >= 4 is 21.2 Å². The van der Waals surface area contributed by atoms with Gasteiger partial charge in [-0.3, -0.25) is 0 Å². The van der Waals surface area contributed by atoms with Gasteiger partial charge in [-0.25, -0.2) is 13.4 Å². The van der Waals surface area contributed by atoms with Crippen LogP contribution in [0.3, 0.4) is 0 Å². The third kappa shape index (κ3) is 3.26. The molecule has 6 heteroatoms. The lowest BCUT2D eigenvalue weighted by molar-refractivity contribution is 0.482. The van der Waals surface area contributed by atoms with Crippen molar-refractivity contribution in [3.63, 3.8) is 0 Å². The van der Waals surface area contributed by atoms with Gasteiger partial charge >= 0.3 is 0 Å². The summed E-state index contributed by atoms with van der Waals surface area (Å²) in [6.07, 6.45) is 3.59. The minimum Gasteiger partial charge on any atom is -0.308 e. The van der Waals surface area contributed by atoms with Gasteiger partial charge in [0.05, 0.1) is 16.5 Å². The molecule has 16 heavy (non-hydrogen) atoms. The van der Waals surface area contributed by atoms with E-state index < -0.39 is 9.84 Å². The van der Waals surface area contributed by atoms with E-state index in [0.717, 1.165) is 24.4 Å². The fourth-order valence-corrected chi connectivity index (χ4v) is 4.33. The Balaban J connectivity index is 1.86. The SMILES string of the molecule is Cc1ncc(CNC2CCCS(=O)(=O)C2)s1. The van der Waals surface area contributed by atoms with Crippen molar-refractivity contribution in [3.8, 4) is 0 Å². The molecular weight excluding hydrogens is 244 g/mol. The largest absolute Gasteiger partial charge is 0.308 e. The highest BCUT2D eigenvalue weighted by Crippen LogP contribution is 2.15. The summed E-state index contributed by atoms with van der Waals surface area (Å²) in [6, 6.07) is 0.112. The van der Waals surface area contributed by atoms with E-state index in [-0.39, 0.29) is 11.8 Å².